The minimum atomic E-state index is -0.176. The summed E-state index contributed by atoms with van der Waals surface area (Å²) in [6, 6.07) is 8.30. The molecule has 5 rings (SSSR count). The molecule has 2 atom stereocenters. The second kappa shape index (κ2) is 7.11. The van der Waals surface area contributed by atoms with Gasteiger partial charge in [0.05, 0.1) is 17.9 Å². The van der Waals surface area contributed by atoms with E-state index in [1.807, 2.05) is 25.5 Å². The summed E-state index contributed by atoms with van der Waals surface area (Å²) in [6.45, 7) is 0. The Labute approximate surface area is 155 Å². The maximum atomic E-state index is 8.78. The molecule has 134 valence electrons. The standard InChI is InChI=1S/C14H10N4S.C5H10O2/c1-18-8-11-6-10(7-15-13(11)17-18)12-3-2-9-4-5-19-14(9)16-12;1-7-5-3-2-4(5)6/h2-8H,1H3;4-6H,2-3H2,1H3. The largest absolute Gasteiger partial charge is 0.390 e. The highest BCUT2D eigenvalue weighted by Gasteiger charge is 2.27. The lowest BCUT2D eigenvalue weighted by atomic mass is 9.92. The van der Waals surface area contributed by atoms with E-state index in [0.29, 0.717) is 0 Å². The molecule has 0 amide bonds. The molecule has 1 N–H and O–H groups in total. The van der Waals surface area contributed by atoms with Crippen molar-refractivity contribution in [1.29, 1.82) is 0 Å². The van der Waals surface area contributed by atoms with E-state index >= 15 is 0 Å². The number of aliphatic hydroxyl groups is 1. The van der Waals surface area contributed by atoms with Crippen molar-refractivity contribution in [2.24, 2.45) is 7.05 Å². The smallest absolute Gasteiger partial charge is 0.181 e. The third-order valence-corrected chi connectivity index (χ3v) is 5.39. The van der Waals surface area contributed by atoms with Gasteiger partial charge in [-0.15, -0.1) is 11.3 Å². The number of fused-ring (bicyclic) bond motifs is 2. The summed E-state index contributed by atoms with van der Waals surface area (Å²) in [4.78, 5) is 10.1. The van der Waals surface area contributed by atoms with Crippen LogP contribution in [-0.2, 0) is 11.8 Å². The Morgan fingerprint density at radius 1 is 1.23 bits per heavy atom. The Hall–Kier alpha value is -2.35. The number of hydrogen-bond acceptors (Lipinski definition) is 6. The fourth-order valence-electron chi connectivity index (χ4n) is 2.90. The lowest BCUT2D eigenvalue weighted by molar-refractivity contribution is -0.0760. The molecular weight excluding hydrogens is 348 g/mol. The Balaban J connectivity index is 0.000000204. The predicted molar refractivity (Wildman–Crippen MR) is 103 cm³/mol. The maximum Gasteiger partial charge on any atom is 0.181 e. The van der Waals surface area contributed by atoms with Crippen LogP contribution in [0, 0.1) is 0 Å². The fourth-order valence-corrected chi connectivity index (χ4v) is 3.67. The second-order valence-electron chi connectivity index (χ2n) is 6.37. The van der Waals surface area contributed by atoms with Crippen molar-refractivity contribution in [3.63, 3.8) is 0 Å². The van der Waals surface area contributed by atoms with E-state index < -0.39 is 0 Å². The summed E-state index contributed by atoms with van der Waals surface area (Å²) in [7, 11) is 3.53. The van der Waals surface area contributed by atoms with E-state index in [1.165, 1.54) is 5.39 Å². The summed E-state index contributed by atoms with van der Waals surface area (Å²) in [5, 5.41) is 17.3. The third kappa shape index (κ3) is 3.33. The number of methoxy groups -OCH3 is 1. The SMILES string of the molecule is COC1CCC1O.Cn1cc2cc(-c3ccc4ccsc4n3)cnc2n1. The first-order valence-corrected chi connectivity index (χ1v) is 9.37. The molecule has 2 unspecified atom stereocenters. The van der Waals surface area contributed by atoms with Crippen LogP contribution in [0.15, 0.2) is 42.0 Å². The van der Waals surface area contributed by atoms with Gasteiger partial charge in [-0.25, -0.2) is 9.97 Å². The number of hydrogen-bond donors (Lipinski definition) is 1. The van der Waals surface area contributed by atoms with Gasteiger partial charge in [-0.3, -0.25) is 4.68 Å². The highest BCUT2D eigenvalue weighted by Crippen LogP contribution is 2.25. The minimum Gasteiger partial charge on any atom is -0.390 e. The first-order chi connectivity index (χ1) is 12.6. The van der Waals surface area contributed by atoms with Gasteiger partial charge in [-0.1, -0.05) is 0 Å². The van der Waals surface area contributed by atoms with E-state index in [4.69, 9.17) is 9.84 Å². The zero-order valence-electron chi connectivity index (χ0n) is 14.7. The normalized spacial score (nSPS) is 19.2. The Morgan fingerprint density at radius 3 is 2.81 bits per heavy atom. The van der Waals surface area contributed by atoms with E-state index in [0.717, 1.165) is 40.0 Å². The molecule has 1 fully saturated rings. The quantitative estimate of drug-likeness (QED) is 0.587. The lowest BCUT2D eigenvalue weighted by Gasteiger charge is -2.30. The number of pyridine rings is 2. The van der Waals surface area contributed by atoms with Gasteiger partial charge in [0, 0.05) is 42.9 Å². The first kappa shape index (κ1) is 17.1. The number of ether oxygens (including phenoxy) is 1. The Bertz CT molecular complexity index is 1040. The van der Waals surface area contributed by atoms with Crippen LogP contribution in [0.3, 0.4) is 0 Å². The Morgan fingerprint density at radius 2 is 2.12 bits per heavy atom. The zero-order valence-corrected chi connectivity index (χ0v) is 15.5. The van der Waals surface area contributed by atoms with Gasteiger partial charge in [-0.2, -0.15) is 5.10 Å². The molecule has 0 radical (unpaired) electrons. The number of aromatic nitrogens is 4. The minimum absolute atomic E-state index is 0.139. The van der Waals surface area contributed by atoms with Crippen molar-refractivity contribution in [2.75, 3.05) is 7.11 Å². The van der Waals surface area contributed by atoms with Gasteiger partial charge in [0.2, 0.25) is 0 Å². The molecule has 0 saturated heterocycles. The summed E-state index contributed by atoms with van der Waals surface area (Å²) in [6.07, 6.45) is 5.70. The summed E-state index contributed by atoms with van der Waals surface area (Å²) in [5.74, 6) is 0. The summed E-state index contributed by atoms with van der Waals surface area (Å²) < 4.78 is 6.62. The van der Waals surface area contributed by atoms with E-state index in [-0.39, 0.29) is 12.2 Å². The first-order valence-electron chi connectivity index (χ1n) is 8.49. The van der Waals surface area contributed by atoms with Crippen LogP contribution in [0.1, 0.15) is 12.8 Å². The maximum absolute atomic E-state index is 8.78. The molecule has 1 aliphatic rings. The number of aliphatic hydroxyl groups excluding tert-OH is 1. The molecule has 26 heavy (non-hydrogen) atoms. The van der Waals surface area contributed by atoms with Crippen molar-refractivity contribution in [3.05, 3.63) is 42.0 Å². The van der Waals surface area contributed by atoms with Gasteiger partial charge in [0.1, 0.15) is 4.83 Å². The molecule has 6 nitrogen and oxygen atoms in total. The Kier molecular flexibility index (Phi) is 4.67. The average Bonchev–Trinajstić information content (AvgIpc) is 3.25. The number of aryl methyl sites for hydroxylation is 1. The molecule has 1 saturated carbocycles. The molecule has 0 aromatic carbocycles. The summed E-state index contributed by atoms with van der Waals surface area (Å²) in [5.41, 5.74) is 2.74. The number of nitrogens with zero attached hydrogens (tertiary/aromatic N) is 4. The van der Waals surface area contributed by atoms with Crippen LogP contribution in [0.2, 0.25) is 0 Å². The molecule has 0 aliphatic heterocycles. The van der Waals surface area contributed by atoms with Crippen LogP contribution in [0.5, 0.6) is 0 Å². The molecule has 7 heteroatoms. The van der Waals surface area contributed by atoms with E-state index in [1.54, 1.807) is 23.1 Å². The topological polar surface area (TPSA) is 73.1 Å². The zero-order chi connectivity index (χ0) is 18.1. The summed E-state index contributed by atoms with van der Waals surface area (Å²) >= 11 is 1.66. The molecule has 4 heterocycles. The monoisotopic (exact) mass is 368 g/mol. The fraction of sp³-hybridized carbons (Fsp3) is 0.316. The third-order valence-electron chi connectivity index (χ3n) is 4.57. The molecule has 4 aromatic rings. The lowest BCUT2D eigenvalue weighted by Crippen LogP contribution is -2.37. The number of rotatable bonds is 2. The van der Waals surface area contributed by atoms with Crippen LogP contribution >= 0.6 is 11.3 Å². The van der Waals surface area contributed by atoms with Gasteiger partial charge >= 0.3 is 0 Å². The molecule has 4 aromatic heterocycles. The van der Waals surface area contributed by atoms with Crippen LogP contribution in [0.25, 0.3) is 32.5 Å². The van der Waals surface area contributed by atoms with E-state index in [2.05, 4.69) is 38.6 Å². The van der Waals surface area contributed by atoms with Gasteiger partial charge in [-0.05, 0) is 42.5 Å². The second-order valence-corrected chi connectivity index (χ2v) is 7.26. The number of thiophene rings is 1. The highest BCUT2D eigenvalue weighted by molar-refractivity contribution is 7.16. The average molecular weight is 368 g/mol. The van der Waals surface area contributed by atoms with E-state index in [9.17, 15) is 0 Å². The van der Waals surface area contributed by atoms with Crippen LogP contribution < -0.4 is 0 Å². The van der Waals surface area contributed by atoms with Gasteiger partial charge in [0.15, 0.2) is 5.65 Å². The van der Waals surface area contributed by atoms with Crippen molar-refractivity contribution in [2.45, 2.75) is 25.0 Å². The van der Waals surface area contributed by atoms with Crippen molar-refractivity contribution in [1.82, 2.24) is 19.7 Å². The highest BCUT2D eigenvalue weighted by atomic mass is 32.1. The van der Waals surface area contributed by atoms with Gasteiger partial charge in [0.25, 0.3) is 0 Å². The van der Waals surface area contributed by atoms with Crippen LogP contribution in [-0.4, -0.2) is 44.2 Å². The van der Waals surface area contributed by atoms with Crippen molar-refractivity contribution >= 4 is 32.6 Å². The molecule has 0 bridgehead atoms. The van der Waals surface area contributed by atoms with Gasteiger partial charge < -0.3 is 9.84 Å². The van der Waals surface area contributed by atoms with Crippen LogP contribution in [0.4, 0.5) is 0 Å². The van der Waals surface area contributed by atoms with Crippen molar-refractivity contribution in [3.8, 4) is 11.3 Å². The molecular formula is C19H20N4O2S. The predicted octanol–water partition coefficient (Wildman–Crippen LogP) is 3.40. The molecule has 0 spiro atoms. The van der Waals surface area contributed by atoms with Crippen molar-refractivity contribution < 1.29 is 9.84 Å². The molecule has 1 aliphatic carbocycles.